The first-order valence-corrected chi connectivity index (χ1v) is 5.43. The van der Waals surface area contributed by atoms with E-state index in [1.54, 1.807) is 0 Å². The molecule has 0 unspecified atom stereocenters. The van der Waals surface area contributed by atoms with Gasteiger partial charge in [-0.05, 0) is 33.6 Å². The Bertz CT molecular complexity index is 415. The van der Waals surface area contributed by atoms with E-state index in [2.05, 4.69) is 15.9 Å². The summed E-state index contributed by atoms with van der Waals surface area (Å²) >= 11 is 3.00. The van der Waals surface area contributed by atoms with Crippen LogP contribution in [0.25, 0.3) is 0 Å². The van der Waals surface area contributed by atoms with E-state index < -0.39 is 18.6 Å². The number of rotatable bonds is 4. The first-order valence-electron chi connectivity index (χ1n) is 4.64. The lowest BCUT2D eigenvalue weighted by atomic mass is 10.0. The minimum Gasteiger partial charge on any atom is -0.503 e. The van der Waals surface area contributed by atoms with E-state index in [1.807, 2.05) is 0 Å². The first-order chi connectivity index (χ1) is 7.83. The number of nitrogens with two attached hydrogens (primary N) is 1. The van der Waals surface area contributed by atoms with Crippen molar-refractivity contribution in [3.8, 4) is 11.5 Å². The summed E-state index contributed by atoms with van der Waals surface area (Å²) in [7, 11) is 1.29. The smallest absolute Gasteiger partial charge is 0.289 e. The number of aromatic hydroxyl groups is 1. The summed E-state index contributed by atoms with van der Waals surface area (Å²) in [5.74, 6) is -3.61. The summed E-state index contributed by atoms with van der Waals surface area (Å²) in [5, 5.41) is 18.1. The van der Waals surface area contributed by atoms with Crippen molar-refractivity contribution >= 4 is 15.9 Å². The molecule has 1 aromatic carbocycles. The van der Waals surface area contributed by atoms with Gasteiger partial charge in [-0.2, -0.15) is 0 Å². The Kier molecular flexibility index (Phi) is 4.29. The molecule has 4 N–H and O–H groups in total. The van der Waals surface area contributed by atoms with Crippen molar-refractivity contribution in [1.82, 2.24) is 0 Å². The second-order valence-corrected chi connectivity index (χ2v) is 4.30. The maximum absolute atomic E-state index is 13.2. The van der Waals surface area contributed by atoms with Crippen LogP contribution in [0.1, 0.15) is 11.6 Å². The summed E-state index contributed by atoms with van der Waals surface area (Å²) < 4.78 is 31.4. The molecule has 0 bridgehead atoms. The van der Waals surface area contributed by atoms with Crippen molar-refractivity contribution in [3.63, 3.8) is 0 Å². The quantitative estimate of drug-likeness (QED) is 0.792. The summed E-state index contributed by atoms with van der Waals surface area (Å²) in [6.45, 7) is -1.35. The summed E-state index contributed by atoms with van der Waals surface area (Å²) in [4.78, 5) is 0. The van der Waals surface area contributed by atoms with Gasteiger partial charge in [-0.3, -0.25) is 0 Å². The number of phenolic OH excluding ortho intramolecular Hbond substituents is 1. The van der Waals surface area contributed by atoms with Gasteiger partial charge >= 0.3 is 0 Å². The van der Waals surface area contributed by atoms with Gasteiger partial charge in [0.25, 0.3) is 5.92 Å². The van der Waals surface area contributed by atoms with Gasteiger partial charge in [0.2, 0.25) is 0 Å². The summed E-state index contributed by atoms with van der Waals surface area (Å²) in [6, 6.07) is 0.777. The number of phenols is 1. The standard InChI is InChI=1S/C10H12BrF2NO3/c1-17-7-3-5(2-6(11)8(7)16)9(14)10(12,13)4-15/h2-3,9,15-16H,4,14H2,1H3/t9-/m1/s1. The predicted octanol–water partition coefficient (Wildman–Crippen LogP) is 1.79. The number of alkyl halides is 2. The highest BCUT2D eigenvalue weighted by atomic mass is 79.9. The highest BCUT2D eigenvalue weighted by molar-refractivity contribution is 9.10. The highest BCUT2D eigenvalue weighted by Crippen LogP contribution is 2.39. The maximum atomic E-state index is 13.2. The van der Waals surface area contributed by atoms with Crippen molar-refractivity contribution in [2.24, 2.45) is 5.73 Å². The van der Waals surface area contributed by atoms with Crippen LogP contribution in [0.4, 0.5) is 8.78 Å². The Morgan fingerprint density at radius 3 is 2.59 bits per heavy atom. The van der Waals surface area contributed by atoms with Crippen LogP contribution in [-0.2, 0) is 0 Å². The zero-order valence-corrected chi connectivity index (χ0v) is 10.5. The van der Waals surface area contributed by atoms with E-state index in [4.69, 9.17) is 15.6 Å². The number of aliphatic hydroxyl groups excluding tert-OH is 1. The number of aliphatic hydroxyl groups is 1. The topological polar surface area (TPSA) is 75.7 Å². The van der Waals surface area contributed by atoms with Gasteiger partial charge in [0.1, 0.15) is 6.61 Å². The Labute approximate surface area is 105 Å². The van der Waals surface area contributed by atoms with Gasteiger partial charge in [-0.15, -0.1) is 0 Å². The average Bonchev–Trinajstić information content (AvgIpc) is 2.31. The molecular formula is C10H12BrF2NO3. The van der Waals surface area contributed by atoms with Gasteiger partial charge in [-0.1, -0.05) is 0 Å². The van der Waals surface area contributed by atoms with Crippen molar-refractivity contribution in [3.05, 3.63) is 22.2 Å². The van der Waals surface area contributed by atoms with Gasteiger partial charge in [0.05, 0.1) is 17.6 Å². The van der Waals surface area contributed by atoms with E-state index in [0.717, 1.165) is 0 Å². The molecule has 0 aliphatic heterocycles. The van der Waals surface area contributed by atoms with Crippen LogP contribution in [0, 0.1) is 0 Å². The zero-order valence-electron chi connectivity index (χ0n) is 8.95. The normalized spacial score (nSPS) is 13.5. The van der Waals surface area contributed by atoms with Crippen molar-refractivity contribution < 1.29 is 23.7 Å². The van der Waals surface area contributed by atoms with E-state index >= 15 is 0 Å². The molecule has 0 heterocycles. The van der Waals surface area contributed by atoms with Crippen LogP contribution < -0.4 is 10.5 Å². The highest BCUT2D eigenvalue weighted by Gasteiger charge is 2.37. The van der Waals surface area contributed by atoms with Crippen LogP contribution >= 0.6 is 15.9 Å². The lowest BCUT2D eigenvalue weighted by Gasteiger charge is -2.22. The Morgan fingerprint density at radius 2 is 2.12 bits per heavy atom. The van der Waals surface area contributed by atoms with Crippen LogP contribution in [-0.4, -0.2) is 29.9 Å². The fourth-order valence-electron chi connectivity index (χ4n) is 1.27. The molecule has 0 aliphatic carbocycles. The van der Waals surface area contributed by atoms with E-state index in [1.165, 1.54) is 19.2 Å². The van der Waals surface area contributed by atoms with Gasteiger partial charge in [0.15, 0.2) is 11.5 Å². The number of halogens is 3. The minimum absolute atomic E-state index is 0.0264. The second kappa shape index (κ2) is 5.16. The molecule has 0 fully saturated rings. The number of hydrogen-bond donors (Lipinski definition) is 3. The average molecular weight is 312 g/mol. The van der Waals surface area contributed by atoms with Crippen molar-refractivity contribution in [1.29, 1.82) is 0 Å². The Morgan fingerprint density at radius 1 is 1.53 bits per heavy atom. The van der Waals surface area contributed by atoms with Crippen molar-refractivity contribution in [2.75, 3.05) is 13.7 Å². The minimum atomic E-state index is -3.44. The van der Waals surface area contributed by atoms with Gasteiger partial charge in [0, 0.05) is 0 Å². The lowest BCUT2D eigenvalue weighted by molar-refractivity contribution is -0.0712. The number of hydrogen-bond acceptors (Lipinski definition) is 4. The molecule has 0 saturated heterocycles. The maximum Gasteiger partial charge on any atom is 0.289 e. The number of methoxy groups -OCH3 is 1. The second-order valence-electron chi connectivity index (χ2n) is 3.45. The Balaban J connectivity index is 3.20. The third-order valence-corrected chi connectivity index (χ3v) is 2.90. The lowest BCUT2D eigenvalue weighted by Crippen LogP contribution is -2.36. The van der Waals surface area contributed by atoms with Crippen LogP contribution in [0.15, 0.2) is 16.6 Å². The van der Waals surface area contributed by atoms with Gasteiger partial charge < -0.3 is 20.7 Å². The SMILES string of the molecule is COc1cc([C@@H](N)C(F)(F)CO)cc(Br)c1O. The zero-order chi connectivity index (χ0) is 13.2. The summed E-state index contributed by atoms with van der Waals surface area (Å²) in [6.07, 6.45) is 0. The fourth-order valence-corrected chi connectivity index (χ4v) is 1.73. The number of ether oxygens (including phenoxy) is 1. The molecule has 0 spiro atoms. The van der Waals surface area contributed by atoms with E-state index in [0.29, 0.717) is 0 Å². The molecule has 17 heavy (non-hydrogen) atoms. The van der Waals surface area contributed by atoms with Crippen molar-refractivity contribution in [2.45, 2.75) is 12.0 Å². The molecule has 7 heteroatoms. The van der Waals surface area contributed by atoms with E-state index in [-0.39, 0.29) is 21.5 Å². The monoisotopic (exact) mass is 311 g/mol. The molecule has 96 valence electrons. The summed E-state index contributed by atoms with van der Waals surface area (Å²) in [5.41, 5.74) is 5.40. The third kappa shape index (κ3) is 2.85. The molecule has 0 aliphatic rings. The van der Waals surface area contributed by atoms with Crippen LogP contribution in [0.3, 0.4) is 0 Å². The van der Waals surface area contributed by atoms with Gasteiger partial charge in [-0.25, -0.2) is 8.78 Å². The Hall–Kier alpha value is -0.920. The molecule has 0 aromatic heterocycles. The number of benzene rings is 1. The molecule has 1 atom stereocenters. The fraction of sp³-hybridized carbons (Fsp3) is 0.400. The first kappa shape index (κ1) is 14.1. The molecule has 0 saturated carbocycles. The van der Waals surface area contributed by atoms with Crippen LogP contribution in [0.2, 0.25) is 0 Å². The third-order valence-electron chi connectivity index (χ3n) is 2.30. The van der Waals surface area contributed by atoms with Crippen LogP contribution in [0.5, 0.6) is 11.5 Å². The largest absolute Gasteiger partial charge is 0.503 e. The molecule has 1 aromatic rings. The van der Waals surface area contributed by atoms with E-state index in [9.17, 15) is 13.9 Å². The molecule has 1 rings (SSSR count). The predicted molar refractivity (Wildman–Crippen MR) is 61.3 cm³/mol. The molecular weight excluding hydrogens is 300 g/mol. The molecule has 0 amide bonds. The molecule has 0 radical (unpaired) electrons. The molecule has 4 nitrogen and oxygen atoms in total.